The fraction of sp³-hybridized carbons (Fsp3) is 0.448. The van der Waals surface area contributed by atoms with E-state index in [9.17, 15) is 5.11 Å². The molecule has 5 heteroatoms. The lowest BCUT2D eigenvalue weighted by molar-refractivity contribution is -0.0402. The Morgan fingerprint density at radius 2 is 1.91 bits per heavy atom. The summed E-state index contributed by atoms with van der Waals surface area (Å²) in [6.07, 6.45) is 5.74. The minimum atomic E-state index is -0.393. The number of fused-ring (bicyclic) bond motifs is 6. The van der Waals surface area contributed by atoms with Crippen molar-refractivity contribution in [1.82, 2.24) is 9.88 Å². The summed E-state index contributed by atoms with van der Waals surface area (Å²) in [7, 11) is 3.31. The third-order valence-corrected chi connectivity index (χ3v) is 8.67. The first kappa shape index (κ1) is 21.8. The van der Waals surface area contributed by atoms with Crippen LogP contribution in [0.1, 0.15) is 43.0 Å². The molecule has 3 heterocycles. The highest BCUT2D eigenvalue weighted by atomic mass is 16.5. The molecule has 2 aliphatic heterocycles. The number of aliphatic hydroxyl groups excluding tert-OH is 1. The number of hydrogen-bond donors (Lipinski definition) is 2. The zero-order chi connectivity index (χ0) is 23.4. The lowest BCUT2D eigenvalue weighted by Gasteiger charge is -2.55. The number of aromatic nitrogens is 1. The number of para-hydroxylation sites is 1. The maximum absolute atomic E-state index is 11.1. The van der Waals surface area contributed by atoms with E-state index in [1.54, 1.807) is 14.2 Å². The average Bonchev–Trinajstić information content (AvgIpc) is 3.23. The molecule has 0 radical (unpaired) electrons. The van der Waals surface area contributed by atoms with E-state index in [2.05, 4.69) is 47.1 Å². The smallest absolute Gasteiger partial charge is 0.161 e. The summed E-state index contributed by atoms with van der Waals surface area (Å²) in [6, 6.07) is 14.7. The molecule has 2 fully saturated rings. The van der Waals surface area contributed by atoms with Crippen LogP contribution in [0.25, 0.3) is 17.0 Å². The van der Waals surface area contributed by atoms with E-state index in [0.29, 0.717) is 11.8 Å². The first-order chi connectivity index (χ1) is 16.5. The first-order valence-corrected chi connectivity index (χ1v) is 12.5. The molecule has 0 spiro atoms. The summed E-state index contributed by atoms with van der Waals surface area (Å²) in [5, 5.41) is 12.5. The van der Waals surface area contributed by atoms with Crippen molar-refractivity contribution in [3.63, 3.8) is 0 Å². The SMILES string of the molecule is COc1ccc(/C=C2\C[C@@H]3CN4CCc5c([nH]c6ccccc56)[C@@]4(C)C[C@H]3C[C@H]2O)cc1OC. The first-order valence-electron chi connectivity index (χ1n) is 12.5. The van der Waals surface area contributed by atoms with Crippen molar-refractivity contribution < 1.29 is 14.6 Å². The fourth-order valence-electron chi connectivity index (χ4n) is 6.90. The number of H-pyrrole nitrogens is 1. The molecule has 1 aliphatic carbocycles. The normalized spacial score (nSPS) is 30.0. The number of nitrogens with one attached hydrogen (secondary N) is 1. The number of rotatable bonds is 3. The summed E-state index contributed by atoms with van der Waals surface area (Å²) in [5.41, 5.74) is 6.35. The quantitative estimate of drug-likeness (QED) is 0.571. The van der Waals surface area contributed by atoms with E-state index in [0.717, 1.165) is 61.4 Å². The average molecular weight is 459 g/mol. The zero-order valence-corrected chi connectivity index (χ0v) is 20.3. The van der Waals surface area contributed by atoms with Gasteiger partial charge in [0.25, 0.3) is 0 Å². The summed E-state index contributed by atoms with van der Waals surface area (Å²) >= 11 is 0. The summed E-state index contributed by atoms with van der Waals surface area (Å²) in [6.45, 7) is 4.61. The van der Waals surface area contributed by atoms with Gasteiger partial charge in [0.2, 0.25) is 0 Å². The molecule has 0 unspecified atom stereocenters. The Labute approximate surface area is 201 Å². The van der Waals surface area contributed by atoms with Crippen molar-refractivity contribution in [3.8, 4) is 11.5 Å². The molecule has 0 amide bonds. The predicted octanol–water partition coefficient (Wildman–Crippen LogP) is 5.13. The maximum atomic E-state index is 11.1. The summed E-state index contributed by atoms with van der Waals surface area (Å²) < 4.78 is 10.8. The van der Waals surface area contributed by atoms with Crippen molar-refractivity contribution >= 4 is 17.0 Å². The van der Waals surface area contributed by atoms with Gasteiger partial charge in [0.1, 0.15) is 0 Å². The minimum Gasteiger partial charge on any atom is -0.493 e. The molecule has 5 nitrogen and oxygen atoms in total. The van der Waals surface area contributed by atoms with Crippen molar-refractivity contribution in [3.05, 3.63) is 64.9 Å². The minimum absolute atomic E-state index is 0.0120. The van der Waals surface area contributed by atoms with Gasteiger partial charge in [-0.2, -0.15) is 0 Å². The molecule has 6 rings (SSSR count). The van der Waals surface area contributed by atoms with Crippen LogP contribution >= 0.6 is 0 Å². The molecule has 4 atom stereocenters. The van der Waals surface area contributed by atoms with E-state index >= 15 is 0 Å². The number of ether oxygens (including phenoxy) is 2. The van der Waals surface area contributed by atoms with Gasteiger partial charge in [-0.15, -0.1) is 0 Å². The largest absolute Gasteiger partial charge is 0.493 e. The topological polar surface area (TPSA) is 57.7 Å². The molecule has 2 aromatic carbocycles. The Morgan fingerprint density at radius 1 is 1.09 bits per heavy atom. The molecule has 1 aromatic heterocycles. The van der Waals surface area contributed by atoms with Gasteiger partial charge in [0, 0.05) is 29.7 Å². The van der Waals surface area contributed by atoms with Gasteiger partial charge in [-0.3, -0.25) is 4.90 Å². The lowest BCUT2D eigenvalue weighted by Crippen LogP contribution is -2.57. The van der Waals surface area contributed by atoms with E-state index in [1.807, 2.05) is 18.2 Å². The molecule has 1 saturated carbocycles. The third kappa shape index (κ3) is 3.37. The second-order valence-corrected chi connectivity index (χ2v) is 10.5. The number of methoxy groups -OCH3 is 2. The Kier molecular flexibility index (Phi) is 5.23. The number of piperidine rings is 1. The van der Waals surface area contributed by atoms with Crippen molar-refractivity contribution in [2.24, 2.45) is 11.8 Å². The van der Waals surface area contributed by atoms with Gasteiger partial charge in [-0.1, -0.05) is 30.3 Å². The van der Waals surface area contributed by atoms with Gasteiger partial charge in [-0.25, -0.2) is 0 Å². The number of hydrogen-bond acceptors (Lipinski definition) is 4. The standard InChI is InChI=1S/C29H34N2O3/c1-29-16-20-15-25(32)19(12-18-8-9-26(33-2)27(13-18)34-3)14-21(20)17-31(29)11-10-23-22-6-4-5-7-24(22)30-28(23)29/h4-9,12-13,20-21,25,30,32H,10-11,14-17H2,1-3H3/b19-12+/t20-,21-,25-,29-/m1/s1. The summed E-state index contributed by atoms with van der Waals surface area (Å²) in [5.74, 6) is 2.54. The van der Waals surface area contributed by atoms with Gasteiger partial charge in [-0.05, 0) is 79.3 Å². The van der Waals surface area contributed by atoms with E-state index in [4.69, 9.17) is 9.47 Å². The maximum Gasteiger partial charge on any atom is 0.161 e. The van der Waals surface area contributed by atoms with Crippen LogP contribution in [-0.4, -0.2) is 48.4 Å². The lowest BCUT2D eigenvalue weighted by atomic mass is 9.64. The highest BCUT2D eigenvalue weighted by molar-refractivity contribution is 5.85. The molecule has 34 heavy (non-hydrogen) atoms. The Morgan fingerprint density at radius 3 is 2.74 bits per heavy atom. The molecular formula is C29H34N2O3. The monoisotopic (exact) mass is 458 g/mol. The van der Waals surface area contributed by atoms with Crippen LogP contribution in [0.4, 0.5) is 0 Å². The molecule has 3 aliphatic rings. The molecule has 178 valence electrons. The number of aliphatic hydroxyl groups is 1. The molecule has 2 N–H and O–H groups in total. The van der Waals surface area contributed by atoms with E-state index in [1.165, 1.54) is 22.2 Å². The zero-order valence-electron chi connectivity index (χ0n) is 20.3. The second-order valence-electron chi connectivity index (χ2n) is 10.5. The Balaban J connectivity index is 1.27. The van der Waals surface area contributed by atoms with Crippen LogP contribution in [0, 0.1) is 11.8 Å². The second kappa shape index (κ2) is 8.17. The van der Waals surface area contributed by atoms with Crippen LogP contribution in [0.15, 0.2) is 48.0 Å². The van der Waals surface area contributed by atoms with Crippen LogP contribution in [-0.2, 0) is 12.0 Å². The Bertz CT molecular complexity index is 1260. The molecule has 3 aromatic rings. The third-order valence-electron chi connectivity index (χ3n) is 8.67. The number of aromatic amines is 1. The predicted molar refractivity (Wildman–Crippen MR) is 135 cm³/mol. The molecule has 0 bridgehead atoms. The van der Waals surface area contributed by atoms with Crippen LogP contribution in [0.5, 0.6) is 11.5 Å². The van der Waals surface area contributed by atoms with Gasteiger partial charge in [0.05, 0.1) is 25.9 Å². The van der Waals surface area contributed by atoms with Gasteiger partial charge < -0.3 is 19.6 Å². The highest BCUT2D eigenvalue weighted by Crippen LogP contribution is 2.51. The van der Waals surface area contributed by atoms with Crippen LogP contribution in [0.3, 0.4) is 0 Å². The van der Waals surface area contributed by atoms with Gasteiger partial charge in [0.15, 0.2) is 11.5 Å². The van der Waals surface area contributed by atoms with Crippen molar-refractivity contribution in [2.75, 3.05) is 27.3 Å². The number of benzene rings is 2. The van der Waals surface area contributed by atoms with Crippen molar-refractivity contribution in [2.45, 2.75) is 44.2 Å². The van der Waals surface area contributed by atoms with Crippen molar-refractivity contribution in [1.29, 1.82) is 0 Å². The number of nitrogens with zero attached hydrogens (tertiary/aromatic N) is 1. The Hall–Kier alpha value is -2.76. The van der Waals surface area contributed by atoms with E-state index < -0.39 is 6.10 Å². The molecule has 1 saturated heterocycles. The summed E-state index contributed by atoms with van der Waals surface area (Å²) in [4.78, 5) is 6.49. The highest BCUT2D eigenvalue weighted by Gasteiger charge is 2.49. The van der Waals surface area contributed by atoms with E-state index in [-0.39, 0.29) is 5.54 Å². The fourth-order valence-corrected chi connectivity index (χ4v) is 6.90. The van der Waals surface area contributed by atoms with Crippen LogP contribution < -0.4 is 9.47 Å². The molecular weight excluding hydrogens is 424 g/mol. The van der Waals surface area contributed by atoms with Crippen LogP contribution in [0.2, 0.25) is 0 Å². The van der Waals surface area contributed by atoms with Gasteiger partial charge >= 0.3 is 0 Å².